The van der Waals surface area contributed by atoms with Crippen molar-refractivity contribution in [2.24, 2.45) is 23.7 Å². The van der Waals surface area contributed by atoms with E-state index in [0.717, 1.165) is 51.1 Å². The van der Waals surface area contributed by atoms with Gasteiger partial charge >= 0.3 is 5.97 Å². The van der Waals surface area contributed by atoms with E-state index in [2.05, 4.69) is 24.1 Å². The highest BCUT2D eigenvalue weighted by molar-refractivity contribution is 5.79. The molecule has 0 spiro atoms. The molecule has 0 aromatic rings. The molecule has 166 valence electrons. The number of nitrogens with zero attached hydrogens (tertiary/aromatic N) is 1. The van der Waals surface area contributed by atoms with Crippen LogP contribution >= 0.6 is 0 Å². The van der Waals surface area contributed by atoms with Crippen LogP contribution in [0.15, 0.2) is 0 Å². The van der Waals surface area contributed by atoms with Gasteiger partial charge in [0.1, 0.15) is 0 Å². The zero-order valence-electron chi connectivity index (χ0n) is 18.6. The Hall–Kier alpha value is -1.10. The van der Waals surface area contributed by atoms with Crippen molar-refractivity contribution < 1.29 is 14.7 Å². The Morgan fingerprint density at radius 2 is 1.62 bits per heavy atom. The molecule has 0 aliphatic heterocycles. The van der Waals surface area contributed by atoms with Gasteiger partial charge in [-0.1, -0.05) is 46.0 Å². The molecule has 3 rings (SSSR count). The highest BCUT2D eigenvalue weighted by Crippen LogP contribution is 2.34. The highest BCUT2D eigenvalue weighted by atomic mass is 16.4. The molecule has 5 atom stereocenters. The van der Waals surface area contributed by atoms with Gasteiger partial charge in [0.2, 0.25) is 5.91 Å². The summed E-state index contributed by atoms with van der Waals surface area (Å²) in [6.07, 6.45) is 13.4. The van der Waals surface area contributed by atoms with E-state index >= 15 is 0 Å². The molecule has 0 radical (unpaired) electrons. The van der Waals surface area contributed by atoms with Crippen LogP contribution in [0.25, 0.3) is 0 Å². The van der Waals surface area contributed by atoms with Crippen molar-refractivity contribution in [2.75, 3.05) is 13.1 Å². The van der Waals surface area contributed by atoms with E-state index in [1.54, 1.807) is 0 Å². The molecule has 2 N–H and O–H groups in total. The van der Waals surface area contributed by atoms with Crippen LogP contribution in [-0.4, -0.2) is 47.1 Å². The lowest BCUT2D eigenvalue weighted by atomic mass is 9.78. The van der Waals surface area contributed by atoms with Crippen LogP contribution in [0.3, 0.4) is 0 Å². The third-order valence-corrected chi connectivity index (χ3v) is 8.02. The minimum atomic E-state index is -0.693. The van der Waals surface area contributed by atoms with Crippen LogP contribution in [0.1, 0.15) is 90.9 Å². The van der Waals surface area contributed by atoms with E-state index in [0.29, 0.717) is 12.3 Å². The summed E-state index contributed by atoms with van der Waals surface area (Å²) in [5, 5.41) is 13.2. The summed E-state index contributed by atoms with van der Waals surface area (Å²) >= 11 is 0. The number of hydrogen-bond donors (Lipinski definition) is 2. The fraction of sp³-hybridized carbons (Fsp3) is 0.917. The Morgan fingerprint density at radius 1 is 0.931 bits per heavy atom. The van der Waals surface area contributed by atoms with Gasteiger partial charge in [-0.25, -0.2) is 0 Å². The molecule has 5 nitrogen and oxygen atoms in total. The largest absolute Gasteiger partial charge is 0.481 e. The predicted octanol–water partition coefficient (Wildman–Crippen LogP) is 4.45. The molecule has 3 saturated carbocycles. The fourth-order valence-corrected chi connectivity index (χ4v) is 6.20. The van der Waals surface area contributed by atoms with E-state index in [9.17, 15) is 14.7 Å². The number of aliphatic carboxylic acids is 1. The van der Waals surface area contributed by atoms with Crippen LogP contribution in [0.5, 0.6) is 0 Å². The highest BCUT2D eigenvalue weighted by Gasteiger charge is 2.40. The molecular weight excluding hydrogens is 364 g/mol. The summed E-state index contributed by atoms with van der Waals surface area (Å²) in [5.41, 5.74) is 0. The summed E-state index contributed by atoms with van der Waals surface area (Å²) < 4.78 is 0. The number of amides is 1. The molecule has 0 aromatic carbocycles. The van der Waals surface area contributed by atoms with Crippen molar-refractivity contribution in [3.63, 3.8) is 0 Å². The number of carboxylic acids is 1. The van der Waals surface area contributed by atoms with Gasteiger partial charge < -0.3 is 10.4 Å². The normalized spacial score (nSPS) is 34.1. The lowest BCUT2D eigenvalue weighted by Gasteiger charge is -2.42. The lowest BCUT2D eigenvalue weighted by Crippen LogP contribution is -2.53. The number of rotatable bonds is 7. The second kappa shape index (κ2) is 10.8. The summed E-state index contributed by atoms with van der Waals surface area (Å²) in [5.74, 6) is 0.385. The average molecular weight is 407 g/mol. The first-order valence-electron chi connectivity index (χ1n) is 12.3. The number of carbonyl (C=O) groups excluding carboxylic acids is 1. The van der Waals surface area contributed by atoms with Crippen molar-refractivity contribution in [3.8, 4) is 0 Å². The Morgan fingerprint density at radius 3 is 2.28 bits per heavy atom. The van der Waals surface area contributed by atoms with E-state index in [-0.39, 0.29) is 29.8 Å². The topological polar surface area (TPSA) is 69.6 Å². The zero-order chi connectivity index (χ0) is 20.8. The summed E-state index contributed by atoms with van der Waals surface area (Å²) in [6.45, 7) is 6.31. The van der Waals surface area contributed by atoms with E-state index in [1.807, 2.05) is 0 Å². The number of carbonyl (C=O) groups is 2. The van der Waals surface area contributed by atoms with Crippen LogP contribution < -0.4 is 5.32 Å². The van der Waals surface area contributed by atoms with Gasteiger partial charge in [-0.2, -0.15) is 0 Å². The minimum absolute atomic E-state index is 0.0161. The number of carboxylic acid groups (broad SMARTS) is 1. The van der Waals surface area contributed by atoms with Crippen molar-refractivity contribution in [2.45, 2.75) is 103 Å². The summed E-state index contributed by atoms with van der Waals surface area (Å²) in [7, 11) is 0. The Kier molecular flexibility index (Phi) is 8.40. The van der Waals surface area contributed by atoms with Gasteiger partial charge in [-0.05, 0) is 63.3 Å². The van der Waals surface area contributed by atoms with Crippen molar-refractivity contribution >= 4 is 11.9 Å². The number of nitrogens with one attached hydrogen (secondary N) is 1. The monoisotopic (exact) mass is 406 g/mol. The minimum Gasteiger partial charge on any atom is -0.481 e. The van der Waals surface area contributed by atoms with Gasteiger partial charge in [0.05, 0.1) is 5.92 Å². The summed E-state index contributed by atoms with van der Waals surface area (Å²) in [6, 6.07) is 0.128. The molecule has 5 unspecified atom stereocenters. The zero-order valence-corrected chi connectivity index (χ0v) is 18.6. The van der Waals surface area contributed by atoms with Gasteiger partial charge in [0, 0.05) is 24.5 Å². The lowest BCUT2D eigenvalue weighted by molar-refractivity contribution is -0.147. The fourth-order valence-electron chi connectivity index (χ4n) is 6.20. The maximum absolute atomic E-state index is 12.8. The molecule has 0 saturated heterocycles. The molecule has 3 aliphatic carbocycles. The molecule has 0 bridgehead atoms. The first kappa shape index (κ1) is 22.6. The second-order valence-electron chi connectivity index (χ2n) is 9.99. The summed E-state index contributed by atoms with van der Waals surface area (Å²) in [4.78, 5) is 27.4. The van der Waals surface area contributed by atoms with Gasteiger partial charge in [0.25, 0.3) is 0 Å². The SMILES string of the molecule is CCN(CC1CCCCC1)C1CCC(NC(=O)C2CCCCC2C)CC1C(=O)O. The third kappa shape index (κ3) is 5.96. The Labute approximate surface area is 177 Å². The first-order valence-corrected chi connectivity index (χ1v) is 12.3. The van der Waals surface area contributed by atoms with Crippen LogP contribution in [0.4, 0.5) is 0 Å². The van der Waals surface area contributed by atoms with Crippen molar-refractivity contribution in [1.29, 1.82) is 0 Å². The molecular formula is C24H42N2O3. The van der Waals surface area contributed by atoms with Crippen molar-refractivity contribution in [1.82, 2.24) is 10.2 Å². The van der Waals surface area contributed by atoms with E-state index < -0.39 is 5.97 Å². The molecule has 3 aliphatic rings. The molecule has 0 heterocycles. The number of hydrogen-bond acceptors (Lipinski definition) is 3. The predicted molar refractivity (Wildman–Crippen MR) is 116 cm³/mol. The Bertz CT molecular complexity index is 546. The smallest absolute Gasteiger partial charge is 0.308 e. The van der Waals surface area contributed by atoms with Gasteiger partial charge in [-0.3, -0.25) is 14.5 Å². The molecule has 3 fully saturated rings. The van der Waals surface area contributed by atoms with Gasteiger partial charge in [0.15, 0.2) is 0 Å². The van der Waals surface area contributed by atoms with E-state index in [4.69, 9.17) is 0 Å². The first-order chi connectivity index (χ1) is 14.0. The average Bonchev–Trinajstić information content (AvgIpc) is 2.73. The van der Waals surface area contributed by atoms with Gasteiger partial charge in [-0.15, -0.1) is 0 Å². The second-order valence-corrected chi connectivity index (χ2v) is 9.99. The Balaban J connectivity index is 1.58. The van der Waals surface area contributed by atoms with Crippen LogP contribution in [0, 0.1) is 23.7 Å². The maximum atomic E-state index is 12.8. The quantitative estimate of drug-likeness (QED) is 0.655. The van der Waals surface area contributed by atoms with Crippen molar-refractivity contribution in [3.05, 3.63) is 0 Å². The van der Waals surface area contributed by atoms with E-state index in [1.165, 1.54) is 38.5 Å². The van der Waals surface area contributed by atoms with Crippen LogP contribution in [0.2, 0.25) is 0 Å². The third-order valence-electron chi connectivity index (χ3n) is 8.02. The molecule has 5 heteroatoms. The molecule has 29 heavy (non-hydrogen) atoms. The standard InChI is InChI=1S/C24H42N2O3/c1-3-26(16-18-10-5-4-6-11-18)22-14-13-19(15-21(22)24(28)29)25-23(27)20-12-8-7-9-17(20)2/h17-22H,3-16H2,1-2H3,(H,25,27)(H,28,29). The molecule has 0 aromatic heterocycles. The molecule has 1 amide bonds. The maximum Gasteiger partial charge on any atom is 0.308 e. The van der Waals surface area contributed by atoms with Crippen LogP contribution in [-0.2, 0) is 9.59 Å².